The number of hydrogen-bond donors (Lipinski definition) is 2. The van der Waals surface area contributed by atoms with Gasteiger partial charge in [-0.1, -0.05) is 18.5 Å². The molecular formula is C15H19ClN4O. The maximum Gasteiger partial charge on any atom is 0.226 e. The molecule has 5 nitrogen and oxygen atoms in total. The standard InChI is InChI=1S/C15H19ClN4O/c1-4-5-18-12-8-13(20-15(17)19-12)21-11-6-9(2)14(16)10(3)7-11/h6-8H,4-5H2,1-3H3,(H3,17,18,19,20). The molecule has 0 bridgehead atoms. The summed E-state index contributed by atoms with van der Waals surface area (Å²) in [5.74, 6) is 1.91. The zero-order chi connectivity index (χ0) is 15.4. The highest BCUT2D eigenvalue weighted by Gasteiger charge is 2.08. The van der Waals surface area contributed by atoms with Crippen molar-refractivity contribution in [1.82, 2.24) is 9.97 Å². The fourth-order valence-corrected chi connectivity index (χ4v) is 2.03. The summed E-state index contributed by atoms with van der Waals surface area (Å²) in [6.45, 7) is 6.76. The van der Waals surface area contributed by atoms with E-state index in [9.17, 15) is 0 Å². The van der Waals surface area contributed by atoms with Crippen molar-refractivity contribution in [2.45, 2.75) is 27.2 Å². The quantitative estimate of drug-likeness (QED) is 0.875. The number of anilines is 2. The minimum Gasteiger partial charge on any atom is -0.439 e. The molecule has 112 valence electrons. The summed E-state index contributed by atoms with van der Waals surface area (Å²) in [6, 6.07) is 5.46. The number of aryl methyl sites for hydroxylation is 2. The Morgan fingerprint density at radius 1 is 1.19 bits per heavy atom. The molecule has 0 amide bonds. The van der Waals surface area contributed by atoms with Crippen molar-refractivity contribution < 1.29 is 4.74 Å². The van der Waals surface area contributed by atoms with Crippen LogP contribution < -0.4 is 15.8 Å². The number of aromatic nitrogens is 2. The van der Waals surface area contributed by atoms with E-state index in [1.807, 2.05) is 26.0 Å². The number of nitrogen functional groups attached to an aromatic ring is 1. The van der Waals surface area contributed by atoms with E-state index in [1.165, 1.54) is 0 Å². The molecule has 0 radical (unpaired) electrons. The normalized spacial score (nSPS) is 10.5. The molecule has 1 aromatic heterocycles. The molecule has 0 unspecified atom stereocenters. The second-order valence-electron chi connectivity index (χ2n) is 4.85. The van der Waals surface area contributed by atoms with Crippen molar-refractivity contribution in [2.75, 3.05) is 17.6 Å². The fraction of sp³-hybridized carbons (Fsp3) is 0.333. The molecule has 21 heavy (non-hydrogen) atoms. The van der Waals surface area contributed by atoms with E-state index in [1.54, 1.807) is 6.07 Å². The van der Waals surface area contributed by atoms with Crippen LogP contribution in [0.15, 0.2) is 18.2 Å². The molecule has 1 aromatic carbocycles. The molecule has 3 N–H and O–H groups in total. The summed E-state index contributed by atoms with van der Waals surface area (Å²) in [7, 11) is 0. The summed E-state index contributed by atoms with van der Waals surface area (Å²) in [5, 5.41) is 3.91. The van der Waals surface area contributed by atoms with Crippen LogP contribution in [-0.4, -0.2) is 16.5 Å². The van der Waals surface area contributed by atoms with E-state index in [-0.39, 0.29) is 5.95 Å². The topological polar surface area (TPSA) is 73.1 Å². The maximum absolute atomic E-state index is 6.15. The molecule has 0 saturated carbocycles. The van der Waals surface area contributed by atoms with Crippen LogP contribution >= 0.6 is 11.6 Å². The van der Waals surface area contributed by atoms with Crippen LogP contribution in [0.3, 0.4) is 0 Å². The van der Waals surface area contributed by atoms with Crippen LogP contribution in [0, 0.1) is 13.8 Å². The smallest absolute Gasteiger partial charge is 0.226 e. The summed E-state index contributed by atoms with van der Waals surface area (Å²) >= 11 is 6.15. The van der Waals surface area contributed by atoms with Crippen molar-refractivity contribution >= 4 is 23.4 Å². The molecule has 0 fully saturated rings. The van der Waals surface area contributed by atoms with Gasteiger partial charge in [0.15, 0.2) is 0 Å². The third kappa shape index (κ3) is 3.98. The van der Waals surface area contributed by atoms with E-state index >= 15 is 0 Å². The van der Waals surface area contributed by atoms with Gasteiger partial charge in [-0.15, -0.1) is 0 Å². The Bertz CT molecular complexity index is 623. The highest BCUT2D eigenvalue weighted by molar-refractivity contribution is 6.32. The zero-order valence-electron chi connectivity index (χ0n) is 12.4. The summed E-state index contributed by atoms with van der Waals surface area (Å²) < 4.78 is 5.77. The van der Waals surface area contributed by atoms with Crippen LogP contribution in [-0.2, 0) is 0 Å². The van der Waals surface area contributed by atoms with Crippen LogP contribution in [0.2, 0.25) is 5.02 Å². The minimum absolute atomic E-state index is 0.175. The first-order chi connectivity index (χ1) is 9.99. The molecule has 0 aliphatic heterocycles. The lowest BCUT2D eigenvalue weighted by atomic mass is 10.1. The van der Waals surface area contributed by atoms with E-state index in [4.69, 9.17) is 22.1 Å². The minimum atomic E-state index is 0.175. The average molecular weight is 307 g/mol. The van der Waals surface area contributed by atoms with E-state index < -0.39 is 0 Å². The Kier molecular flexibility index (Phi) is 4.85. The third-order valence-corrected chi connectivity index (χ3v) is 3.50. The first-order valence-electron chi connectivity index (χ1n) is 6.82. The highest BCUT2D eigenvalue weighted by atomic mass is 35.5. The molecule has 6 heteroatoms. The first kappa shape index (κ1) is 15.4. The molecule has 0 spiro atoms. The SMILES string of the molecule is CCCNc1cc(Oc2cc(C)c(Cl)c(C)c2)nc(N)n1. The van der Waals surface area contributed by atoms with Gasteiger partial charge in [0.1, 0.15) is 11.6 Å². The number of rotatable bonds is 5. The van der Waals surface area contributed by atoms with Gasteiger partial charge in [-0.05, 0) is 43.5 Å². The van der Waals surface area contributed by atoms with Gasteiger partial charge in [0, 0.05) is 17.6 Å². The van der Waals surface area contributed by atoms with Gasteiger partial charge >= 0.3 is 0 Å². The second kappa shape index (κ2) is 6.63. The average Bonchev–Trinajstić information content (AvgIpc) is 2.42. The molecule has 0 aliphatic rings. The van der Waals surface area contributed by atoms with Crippen molar-refractivity contribution in [3.8, 4) is 11.6 Å². The lowest BCUT2D eigenvalue weighted by Gasteiger charge is -2.11. The van der Waals surface area contributed by atoms with Crippen LogP contribution in [0.4, 0.5) is 11.8 Å². The lowest BCUT2D eigenvalue weighted by molar-refractivity contribution is 0.462. The monoisotopic (exact) mass is 306 g/mol. The van der Waals surface area contributed by atoms with E-state index in [2.05, 4.69) is 22.2 Å². The van der Waals surface area contributed by atoms with Crippen LogP contribution in [0.5, 0.6) is 11.6 Å². The Balaban J connectivity index is 2.24. The van der Waals surface area contributed by atoms with Gasteiger partial charge in [0.25, 0.3) is 0 Å². The Hall–Kier alpha value is -2.01. The maximum atomic E-state index is 6.15. The molecular weight excluding hydrogens is 288 g/mol. The van der Waals surface area contributed by atoms with E-state index in [0.29, 0.717) is 17.4 Å². The Labute approximate surface area is 129 Å². The van der Waals surface area contributed by atoms with Crippen molar-refractivity contribution in [3.05, 3.63) is 34.3 Å². The molecule has 0 saturated heterocycles. The van der Waals surface area contributed by atoms with Crippen LogP contribution in [0.1, 0.15) is 24.5 Å². The number of benzene rings is 1. The van der Waals surface area contributed by atoms with Gasteiger partial charge in [0.05, 0.1) is 0 Å². The van der Waals surface area contributed by atoms with Gasteiger partial charge in [-0.3, -0.25) is 0 Å². The first-order valence-corrected chi connectivity index (χ1v) is 7.20. The fourth-order valence-electron chi connectivity index (χ4n) is 1.92. The molecule has 0 aliphatic carbocycles. The Morgan fingerprint density at radius 2 is 1.86 bits per heavy atom. The lowest BCUT2D eigenvalue weighted by Crippen LogP contribution is -2.05. The summed E-state index contributed by atoms with van der Waals surface area (Å²) in [6.07, 6.45) is 0.996. The number of hydrogen-bond acceptors (Lipinski definition) is 5. The van der Waals surface area contributed by atoms with Gasteiger partial charge < -0.3 is 15.8 Å². The number of nitrogens with one attached hydrogen (secondary N) is 1. The van der Waals surface area contributed by atoms with Crippen molar-refractivity contribution in [2.24, 2.45) is 0 Å². The number of nitrogens with zero attached hydrogens (tertiary/aromatic N) is 2. The van der Waals surface area contributed by atoms with Crippen LogP contribution in [0.25, 0.3) is 0 Å². The second-order valence-corrected chi connectivity index (χ2v) is 5.23. The predicted octanol–water partition coefficient (Wildman–Crippen LogP) is 3.94. The summed E-state index contributed by atoms with van der Waals surface area (Å²) in [5.41, 5.74) is 7.62. The zero-order valence-corrected chi connectivity index (χ0v) is 13.2. The highest BCUT2D eigenvalue weighted by Crippen LogP contribution is 2.29. The molecule has 2 aromatic rings. The van der Waals surface area contributed by atoms with Gasteiger partial charge in [-0.25, -0.2) is 0 Å². The molecule has 1 heterocycles. The number of halogens is 1. The van der Waals surface area contributed by atoms with E-state index in [0.717, 1.165) is 29.1 Å². The third-order valence-electron chi connectivity index (χ3n) is 2.91. The molecule has 2 rings (SSSR count). The van der Waals surface area contributed by atoms with Gasteiger partial charge in [-0.2, -0.15) is 9.97 Å². The largest absolute Gasteiger partial charge is 0.439 e. The molecule has 0 atom stereocenters. The predicted molar refractivity (Wildman–Crippen MR) is 86.2 cm³/mol. The summed E-state index contributed by atoms with van der Waals surface area (Å²) in [4.78, 5) is 8.21. The Morgan fingerprint density at radius 3 is 2.48 bits per heavy atom. The van der Waals surface area contributed by atoms with Gasteiger partial charge in [0.2, 0.25) is 11.8 Å². The number of nitrogens with two attached hydrogens (primary N) is 1. The number of ether oxygens (including phenoxy) is 1. The van der Waals surface area contributed by atoms with Crippen molar-refractivity contribution in [3.63, 3.8) is 0 Å². The van der Waals surface area contributed by atoms with Crippen molar-refractivity contribution in [1.29, 1.82) is 0 Å².